The van der Waals surface area contributed by atoms with E-state index in [4.69, 9.17) is 9.47 Å². The van der Waals surface area contributed by atoms with Crippen LogP contribution in [0.4, 0.5) is 21.6 Å². The topological polar surface area (TPSA) is 113 Å². The van der Waals surface area contributed by atoms with E-state index in [1.807, 2.05) is 19.1 Å². The van der Waals surface area contributed by atoms with Crippen LogP contribution in [0, 0.1) is 18.2 Å². The van der Waals surface area contributed by atoms with E-state index in [9.17, 15) is 18.8 Å². The summed E-state index contributed by atoms with van der Waals surface area (Å²) in [5.41, 5.74) is 4.69. The van der Waals surface area contributed by atoms with Crippen LogP contribution in [-0.2, 0) is 15.9 Å². The number of thiophene rings is 1. The number of carbonyl (C=O) groups is 3. The van der Waals surface area contributed by atoms with E-state index in [2.05, 4.69) is 20.5 Å². The van der Waals surface area contributed by atoms with Crippen molar-refractivity contribution in [3.63, 3.8) is 0 Å². The zero-order valence-electron chi connectivity index (χ0n) is 27.8. The number of benzene rings is 2. The van der Waals surface area contributed by atoms with Gasteiger partial charge >= 0.3 is 0 Å². The first kappa shape index (κ1) is 32.5. The number of nitrogens with zero attached hydrogens (tertiary/aromatic N) is 3. The Kier molecular flexibility index (Phi) is 8.62. The number of amides is 3. The Balaban J connectivity index is 0.982. The molecule has 4 aliphatic rings. The SMILES string of the molecule is Cc1cnc(N2CC3(CCOCC3)C2)c(C(=O)Nc2ccc(C(=O)N3CCc4cc(C(=O)NC5CCOC5)sc4-c4ccc(F)cc43)cc2)c1. The molecule has 4 aromatic rings. The summed E-state index contributed by atoms with van der Waals surface area (Å²) in [5.74, 6) is -0.482. The minimum Gasteiger partial charge on any atom is -0.381 e. The van der Waals surface area contributed by atoms with Gasteiger partial charge in [0.1, 0.15) is 11.6 Å². The van der Waals surface area contributed by atoms with E-state index in [1.165, 1.54) is 23.5 Å². The van der Waals surface area contributed by atoms with Gasteiger partial charge in [-0.25, -0.2) is 9.37 Å². The third-order valence-corrected chi connectivity index (χ3v) is 11.4. The molecule has 0 saturated carbocycles. The van der Waals surface area contributed by atoms with Gasteiger partial charge in [0.25, 0.3) is 17.7 Å². The molecule has 1 atom stereocenters. The lowest BCUT2D eigenvalue weighted by Gasteiger charge is -2.53. The van der Waals surface area contributed by atoms with Crippen LogP contribution in [0.2, 0.25) is 0 Å². The first-order valence-corrected chi connectivity index (χ1v) is 17.9. The maximum atomic E-state index is 14.7. The average molecular weight is 696 g/mol. The lowest BCUT2D eigenvalue weighted by Crippen LogP contribution is -2.59. The largest absolute Gasteiger partial charge is 0.381 e. The Hall–Kier alpha value is -4.65. The number of ether oxygens (including phenoxy) is 2. The molecule has 0 bridgehead atoms. The zero-order valence-corrected chi connectivity index (χ0v) is 28.6. The second kappa shape index (κ2) is 13.2. The van der Waals surface area contributed by atoms with E-state index in [-0.39, 0.29) is 29.2 Å². The maximum absolute atomic E-state index is 14.7. The quantitative estimate of drug-likeness (QED) is 0.260. The van der Waals surface area contributed by atoms with E-state index in [0.29, 0.717) is 64.9 Å². The highest BCUT2D eigenvalue weighted by Crippen LogP contribution is 2.44. The van der Waals surface area contributed by atoms with Gasteiger partial charge in [0, 0.05) is 72.8 Å². The molecule has 2 N–H and O–H groups in total. The Labute approximate surface area is 293 Å². The fraction of sp³-hybridized carbons (Fsp3) is 0.368. The molecule has 3 saturated heterocycles. The molecule has 258 valence electrons. The summed E-state index contributed by atoms with van der Waals surface area (Å²) in [7, 11) is 0. The van der Waals surface area contributed by atoms with E-state index in [1.54, 1.807) is 41.4 Å². The van der Waals surface area contributed by atoms with Gasteiger partial charge in [-0.3, -0.25) is 14.4 Å². The molecule has 3 amide bonds. The molecule has 50 heavy (non-hydrogen) atoms. The van der Waals surface area contributed by atoms with Gasteiger partial charge in [0.15, 0.2) is 0 Å². The van der Waals surface area contributed by atoms with Crippen molar-refractivity contribution in [2.75, 3.05) is 61.2 Å². The molecule has 8 rings (SSSR count). The predicted molar refractivity (Wildman–Crippen MR) is 190 cm³/mol. The summed E-state index contributed by atoms with van der Waals surface area (Å²) < 4.78 is 25.6. The number of fused-ring (bicyclic) bond motifs is 3. The highest BCUT2D eigenvalue weighted by atomic mass is 32.1. The number of carbonyl (C=O) groups excluding carboxylic acids is 3. The van der Waals surface area contributed by atoms with Gasteiger partial charge in [-0.05, 0) is 98.3 Å². The van der Waals surface area contributed by atoms with E-state index >= 15 is 0 Å². The van der Waals surface area contributed by atoms with E-state index in [0.717, 1.165) is 61.6 Å². The lowest BCUT2D eigenvalue weighted by molar-refractivity contribution is -0.000511. The predicted octanol–water partition coefficient (Wildman–Crippen LogP) is 5.85. The number of nitrogens with one attached hydrogen (secondary N) is 2. The van der Waals surface area contributed by atoms with Gasteiger partial charge in [0.05, 0.1) is 28.8 Å². The number of halogens is 1. The summed E-state index contributed by atoms with van der Waals surface area (Å²) in [5, 5.41) is 6.03. The zero-order chi connectivity index (χ0) is 34.4. The van der Waals surface area contributed by atoms with Crippen LogP contribution in [0.3, 0.4) is 0 Å². The third-order valence-electron chi connectivity index (χ3n) is 10.2. The van der Waals surface area contributed by atoms with E-state index < -0.39 is 5.82 Å². The summed E-state index contributed by atoms with van der Waals surface area (Å²) in [6.45, 7) is 6.62. The molecule has 1 unspecified atom stereocenters. The summed E-state index contributed by atoms with van der Waals surface area (Å²) >= 11 is 1.35. The average Bonchev–Trinajstić information content (AvgIpc) is 3.76. The second-order valence-corrected chi connectivity index (χ2v) is 14.8. The minimum absolute atomic E-state index is 0.00825. The molecule has 1 spiro atoms. The highest BCUT2D eigenvalue weighted by Gasteiger charge is 2.45. The summed E-state index contributed by atoms with van der Waals surface area (Å²) in [6.07, 6.45) is 5.11. The number of aryl methyl sites for hydroxylation is 1. The first-order valence-electron chi connectivity index (χ1n) is 17.1. The Morgan fingerprint density at radius 3 is 2.54 bits per heavy atom. The number of anilines is 3. The van der Waals surface area contributed by atoms with Crippen molar-refractivity contribution in [3.05, 3.63) is 93.7 Å². The molecular formula is C38H38FN5O5S. The smallest absolute Gasteiger partial charge is 0.261 e. The van der Waals surface area contributed by atoms with Crippen molar-refractivity contribution in [2.24, 2.45) is 5.41 Å². The Bertz CT molecular complexity index is 1960. The maximum Gasteiger partial charge on any atom is 0.261 e. The molecule has 3 fully saturated rings. The molecule has 2 aromatic carbocycles. The second-order valence-electron chi connectivity index (χ2n) is 13.8. The van der Waals surface area contributed by atoms with Crippen molar-refractivity contribution >= 4 is 46.3 Å². The molecule has 10 nitrogen and oxygen atoms in total. The van der Waals surface area contributed by atoms with Crippen molar-refractivity contribution in [3.8, 4) is 10.4 Å². The molecule has 4 aliphatic heterocycles. The molecule has 2 aromatic heterocycles. The number of pyridine rings is 1. The van der Waals surface area contributed by atoms with Gasteiger partial charge in [-0.1, -0.05) is 0 Å². The number of hydrogen-bond acceptors (Lipinski definition) is 8. The van der Waals surface area contributed by atoms with Gasteiger partial charge in [-0.2, -0.15) is 0 Å². The lowest BCUT2D eigenvalue weighted by atomic mass is 9.73. The van der Waals surface area contributed by atoms with Gasteiger partial charge < -0.3 is 29.9 Å². The van der Waals surface area contributed by atoms with Crippen LogP contribution in [0.25, 0.3) is 10.4 Å². The summed E-state index contributed by atoms with van der Waals surface area (Å²) in [4.78, 5) is 50.4. The monoisotopic (exact) mass is 695 g/mol. The van der Waals surface area contributed by atoms with Crippen LogP contribution in [0.1, 0.15) is 60.8 Å². The third kappa shape index (κ3) is 6.27. The van der Waals surface area contributed by atoms with Gasteiger partial charge in [0.2, 0.25) is 0 Å². The minimum atomic E-state index is -0.454. The molecule has 12 heteroatoms. The van der Waals surface area contributed by atoms with Crippen molar-refractivity contribution in [2.45, 2.75) is 38.6 Å². The van der Waals surface area contributed by atoms with Crippen molar-refractivity contribution in [1.82, 2.24) is 10.3 Å². The fourth-order valence-corrected chi connectivity index (χ4v) is 8.56. The molecule has 0 radical (unpaired) electrons. The Morgan fingerprint density at radius 2 is 1.78 bits per heavy atom. The summed E-state index contributed by atoms with van der Waals surface area (Å²) in [6, 6.07) is 14.9. The number of rotatable bonds is 6. The van der Waals surface area contributed by atoms with Crippen LogP contribution in [0.5, 0.6) is 0 Å². The molecular weight excluding hydrogens is 658 g/mol. The van der Waals surface area contributed by atoms with Gasteiger partial charge in [-0.15, -0.1) is 11.3 Å². The normalized spacial score (nSPS) is 19.3. The highest BCUT2D eigenvalue weighted by molar-refractivity contribution is 7.17. The van der Waals surface area contributed by atoms with Crippen molar-refractivity contribution in [1.29, 1.82) is 0 Å². The first-order chi connectivity index (χ1) is 24.2. The standard InChI is InChI=1S/C38H38FN5O5S/c1-23-16-30(34(40-19-23)43-21-38(22-43)10-14-48-15-11-38)35(45)41-27-5-2-24(3-6-27)37(47)44-12-8-25-17-32(36(46)42-28-9-13-49-20-28)50-33(25)29-7-4-26(39)18-31(29)44/h2-7,16-19,28H,8-15,20-22H2,1H3,(H,41,45)(H,42,46). The Morgan fingerprint density at radius 1 is 0.980 bits per heavy atom. The van der Waals surface area contributed by atoms with Crippen LogP contribution >= 0.6 is 11.3 Å². The number of hydrogen-bond donors (Lipinski definition) is 2. The van der Waals surface area contributed by atoms with Crippen LogP contribution in [-0.4, -0.2) is 74.8 Å². The fourth-order valence-electron chi connectivity index (χ4n) is 7.41. The van der Waals surface area contributed by atoms with Crippen LogP contribution in [0.15, 0.2) is 60.8 Å². The molecule has 0 aliphatic carbocycles. The van der Waals surface area contributed by atoms with Crippen molar-refractivity contribution < 1.29 is 28.2 Å². The molecule has 6 heterocycles. The number of aromatic nitrogens is 1. The van der Waals surface area contributed by atoms with Crippen LogP contribution < -0.4 is 20.4 Å².